The fourth-order valence-corrected chi connectivity index (χ4v) is 4.78. The van der Waals surface area contributed by atoms with Crippen molar-refractivity contribution < 1.29 is 17.6 Å². The number of aryl methyl sites for hydroxylation is 1. The van der Waals surface area contributed by atoms with Gasteiger partial charge in [0.05, 0.1) is 4.90 Å². The summed E-state index contributed by atoms with van der Waals surface area (Å²) in [6.45, 7) is 3.05. The second-order valence-corrected chi connectivity index (χ2v) is 9.70. The fraction of sp³-hybridized carbons (Fsp3) is 0.261. The van der Waals surface area contributed by atoms with E-state index in [1.54, 1.807) is 42.5 Å². The molecule has 2 aromatic carbocycles. The molecule has 3 aromatic rings. The number of anilines is 2. The molecule has 1 N–H and O–H groups in total. The second-order valence-electron chi connectivity index (χ2n) is 7.81. The number of piperidine rings is 1. The molecule has 1 aliphatic heterocycles. The zero-order valence-electron chi connectivity index (χ0n) is 17.5. The smallest absolute Gasteiger partial charge is 0.227 e. The Labute approximate surface area is 186 Å². The van der Waals surface area contributed by atoms with E-state index in [0.717, 1.165) is 5.56 Å². The summed E-state index contributed by atoms with van der Waals surface area (Å²) in [5.41, 5.74) is 1.41. The molecule has 4 rings (SSSR count). The first-order chi connectivity index (χ1) is 15.3. The molecule has 9 heteroatoms. The third-order valence-electron chi connectivity index (χ3n) is 5.51. The average Bonchev–Trinajstić information content (AvgIpc) is 2.79. The molecule has 7 nitrogen and oxygen atoms in total. The van der Waals surface area contributed by atoms with Crippen molar-refractivity contribution in [3.8, 4) is 0 Å². The molecule has 1 fully saturated rings. The van der Waals surface area contributed by atoms with E-state index in [0.29, 0.717) is 37.4 Å². The molecule has 0 radical (unpaired) electrons. The summed E-state index contributed by atoms with van der Waals surface area (Å²) in [5, 5.41) is 10.7. The molecule has 0 atom stereocenters. The van der Waals surface area contributed by atoms with Crippen LogP contribution in [-0.4, -0.2) is 37.6 Å². The molecule has 1 amide bonds. The van der Waals surface area contributed by atoms with Crippen LogP contribution in [0.5, 0.6) is 0 Å². The van der Waals surface area contributed by atoms with Crippen LogP contribution in [0.15, 0.2) is 70.6 Å². The normalized spacial score (nSPS) is 14.9. The highest BCUT2D eigenvalue weighted by Gasteiger charge is 2.27. The molecule has 1 aromatic heterocycles. The van der Waals surface area contributed by atoms with Gasteiger partial charge in [0.1, 0.15) is 5.82 Å². The van der Waals surface area contributed by atoms with Crippen molar-refractivity contribution in [2.24, 2.45) is 5.92 Å². The molecule has 0 saturated carbocycles. The number of halogens is 1. The Morgan fingerprint density at radius 2 is 1.75 bits per heavy atom. The summed E-state index contributed by atoms with van der Waals surface area (Å²) < 4.78 is 38.8. The average molecular weight is 455 g/mol. The molecule has 32 heavy (non-hydrogen) atoms. The maximum atomic E-state index is 13.3. The summed E-state index contributed by atoms with van der Waals surface area (Å²) in [6, 6.07) is 15.5. The Kier molecular flexibility index (Phi) is 6.18. The minimum atomic E-state index is -3.73. The number of hydrogen-bond donors (Lipinski definition) is 1. The maximum Gasteiger partial charge on any atom is 0.227 e. The Hall–Kier alpha value is -3.33. The van der Waals surface area contributed by atoms with E-state index in [1.165, 1.54) is 18.2 Å². The van der Waals surface area contributed by atoms with Crippen molar-refractivity contribution in [1.82, 2.24) is 10.2 Å². The van der Waals surface area contributed by atoms with E-state index >= 15 is 0 Å². The number of carbonyl (C=O) groups excluding carboxylic acids is 1. The third-order valence-corrected chi connectivity index (χ3v) is 7.18. The zero-order chi connectivity index (χ0) is 22.7. The molecule has 166 valence electrons. The van der Waals surface area contributed by atoms with Crippen molar-refractivity contribution in [2.75, 3.05) is 23.3 Å². The van der Waals surface area contributed by atoms with Crippen molar-refractivity contribution in [3.05, 3.63) is 72.0 Å². The molecule has 0 spiro atoms. The van der Waals surface area contributed by atoms with Crippen LogP contribution in [-0.2, 0) is 14.6 Å². The van der Waals surface area contributed by atoms with Gasteiger partial charge in [0.2, 0.25) is 15.7 Å². The highest BCUT2D eigenvalue weighted by Crippen LogP contribution is 2.25. The Bertz CT molecular complexity index is 1210. The Balaban J connectivity index is 1.38. The Morgan fingerprint density at radius 1 is 1.03 bits per heavy atom. The number of hydrogen-bond acceptors (Lipinski definition) is 6. The van der Waals surface area contributed by atoms with Gasteiger partial charge >= 0.3 is 0 Å². The predicted octanol–water partition coefficient (Wildman–Crippen LogP) is 3.61. The quantitative estimate of drug-likeness (QED) is 0.633. The van der Waals surface area contributed by atoms with Gasteiger partial charge in [-0.15, -0.1) is 10.2 Å². The lowest BCUT2D eigenvalue weighted by atomic mass is 9.96. The molecule has 1 aliphatic rings. The maximum absolute atomic E-state index is 13.3. The van der Waals surface area contributed by atoms with Gasteiger partial charge < -0.3 is 10.2 Å². The summed E-state index contributed by atoms with van der Waals surface area (Å²) in [4.78, 5) is 14.6. The van der Waals surface area contributed by atoms with E-state index in [4.69, 9.17) is 0 Å². The number of benzene rings is 2. The molecule has 0 bridgehead atoms. The number of carbonyl (C=O) groups is 1. The lowest BCUT2D eigenvalue weighted by Gasteiger charge is -2.31. The van der Waals surface area contributed by atoms with Crippen molar-refractivity contribution in [2.45, 2.75) is 29.7 Å². The minimum Gasteiger partial charge on any atom is -0.355 e. The van der Waals surface area contributed by atoms with Crippen molar-refractivity contribution >= 4 is 27.2 Å². The van der Waals surface area contributed by atoms with Gasteiger partial charge in [0.15, 0.2) is 10.8 Å². The summed E-state index contributed by atoms with van der Waals surface area (Å²) in [7, 11) is -3.73. The third kappa shape index (κ3) is 4.77. The highest BCUT2D eigenvalue weighted by atomic mass is 32.2. The van der Waals surface area contributed by atoms with Crippen LogP contribution in [0.4, 0.5) is 15.9 Å². The van der Waals surface area contributed by atoms with Crippen LogP contribution in [0.1, 0.15) is 18.4 Å². The lowest BCUT2D eigenvalue weighted by Crippen LogP contribution is -2.38. The SMILES string of the molecule is Cc1ccc(S(=O)(=O)c2ccc(N3CCC(C(=O)Nc4cccc(F)c4)CC3)nn2)cc1. The largest absolute Gasteiger partial charge is 0.355 e. The van der Waals surface area contributed by atoms with Crippen LogP contribution in [0.3, 0.4) is 0 Å². The Morgan fingerprint density at radius 3 is 2.38 bits per heavy atom. The predicted molar refractivity (Wildman–Crippen MR) is 119 cm³/mol. The monoisotopic (exact) mass is 454 g/mol. The van der Waals surface area contributed by atoms with Crippen molar-refractivity contribution in [1.29, 1.82) is 0 Å². The van der Waals surface area contributed by atoms with E-state index in [-0.39, 0.29) is 21.7 Å². The molecule has 1 saturated heterocycles. The number of nitrogens with one attached hydrogen (secondary N) is 1. The summed E-state index contributed by atoms with van der Waals surface area (Å²) >= 11 is 0. The van der Waals surface area contributed by atoms with Crippen LogP contribution < -0.4 is 10.2 Å². The van der Waals surface area contributed by atoms with Crippen LogP contribution in [0.2, 0.25) is 0 Å². The second kappa shape index (κ2) is 9.04. The van der Waals surface area contributed by atoms with Gasteiger partial charge in [0.25, 0.3) is 0 Å². The number of sulfone groups is 1. The van der Waals surface area contributed by atoms with Gasteiger partial charge in [-0.3, -0.25) is 4.79 Å². The van der Waals surface area contributed by atoms with E-state index in [1.807, 2.05) is 11.8 Å². The topological polar surface area (TPSA) is 92.3 Å². The molecular formula is C23H23FN4O3S. The first-order valence-electron chi connectivity index (χ1n) is 10.3. The van der Waals surface area contributed by atoms with Crippen LogP contribution in [0, 0.1) is 18.7 Å². The molecule has 0 aliphatic carbocycles. The minimum absolute atomic E-state index is 0.102. The summed E-state index contributed by atoms with van der Waals surface area (Å²) in [6.07, 6.45) is 1.21. The standard InChI is InChI=1S/C23H23FN4O3S/c1-16-5-7-20(8-6-16)32(30,31)22-10-9-21(26-27-22)28-13-11-17(12-14-28)23(29)25-19-4-2-3-18(24)15-19/h2-10,15,17H,11-14H2,1H3,(H,25,29). The number of rotatable bonds is 5. The van der Waals surface area contributed by atoms with Gasteiger partial charge in [-0.2, -0.15) is 0 Å². The van der Waals surface area contributed by atoms with Gasteiger partial charge in [0, 0.05) is 24.7 Å². The highest BCUT2D eigenvalue weighted by molar-refractivity contribution is 7.91. The van der Waals surface area contributed by atoms with Gasteiger partial charge in [-0.25, -0.2) is 12.8 Å². The first kappa shape index (κ1) is 21.9. The zero-order valence-corrected chi connectivity index (χ0v) is 18.3. The van der Waals surface area contributed by atoms with Gasteiger partial charge in [-0.1, -0.05) is 23.8 Å². The number of aromatic nitrogens is 2. The number of nitrogens with zero attached hydrogens (tertiary/aromatic N) is 3. The van der Waals surface area contributed by atoms with Crippen LogP contribution in [0.25, 0.3) is 0 Å². The fourth-order valence-electron chi connectivity index (χ4n) is 3.64. The van der Waals surface area contributed by atoms with E-state index < -0.39 is 15.7 Å². The number of amides is 1. The molecular weight excluding hydrogens is 431 g/mol. The first-order valence-corrected chi connectivity index (χ1v) is 11.8. The molecule has 2 heterocycles. The molecule has 0 unspecified atom stereocenters. The van der Waals surface area contributed by atoms with Crippen molar-refractivity contribution in [3.63, 3.8) is 0 Å². The lowest BCUT2D eigenvalue weighted by molar-refractivity contribution is -0.120. The van der Waals surface area contributed by atoms with E-state index in [2.05, 4.69) is 15.5 Å². The van der Waals surface area contributed by atoms with Crippen LogP contribution >= 0.6 is 0 Å². The summed E-state index contributed by atoms with van der Waals surface area (Å²) in [5.74, 6) is -0.162. The van der Waals surface area contributed by atoms with Gasteiger partial charge in [-0.05, 0) is 62.2 Å². The van der Waals surface area contributed by atoms with E-state index in [9.17, 15) is 17.6 Å².